The maximum Gasteiger partial charge on any atom is 0.410 e. The van der Waals surface area contributed by atoms with Gasteiger partial charge < -0.3 is 14.6 Å². The zero-order valence-corrected chi connectivity index (χ0v) is 25.0. The first-order valence-corrected chi connectivity index (χ1v) is 14.2. The number of para-hydroxylation sites is 1. The number of rotatable bonds is 6. The quantitative estimate of drug-likeness (QED) is 0.255. The first-order chi connectivity index (χ1) is 19.9. The van der Waals surface area contributed by atoms with Gasteiger partial charge in [0.25, 0.3) is 0 Å². The molecule has 1 aliphatic heterocycles. The number of fused-ring (bicyclic) bond motifs is 2. The second-order valence-electron chi connectivity index (χ2n) is 11.9. The van der Waals surface area contributed by atoms with Crippen molar-refractivity contribution >= 4 is 28.4 Å². The van der Waals surface area contributed by atoms with Gasteiger partial charge in [0.2, 0.25) is 0 Å². The van der Waals surface area contributed by atoms with Crippen LogP contribution < -0.4 is 4.74 Å². The van der Waals surface area contributed by atoms with Crippen LogP contribution in [0.15, 0.2) is 84.9 Å². The Labute approximate surface area is 247 Å². The maximum absolute atomic E-state index is 13.7. The fraction of sp³-hybridized carbons (Fsp3) is 0.278. The van der Waals surface area contributed by atoms with Gasteiger partial charge >= 0.3 is 12.1 Å². The number of hydrogen-bond acceptors (Lipinski definition) is 4. The minimum Gasteiger partial charge on any atom is -0.484 e. The molecule has 0 saturated heterocycles. The van der Waals surface area contributed by atoms with Gasteiger partial charge in [-0.1, -0.05) is 66.7 Å². The van der Waals surface area contributed by atoms with Crippen LogP contribution in [0.4, 0.5) is 4.79 Å². The molecule has 2 atom stereocenters. The number of hydrogen-bond donors (Lipinski definition) is 1. The molecule has 6 nitrogen and oxygen atoms in total. The van der Waals surface area contributed by atoms with E-state index < -0.39 is 23.8 Å². The van der Waals surface area contributed by atoms with Crippen molar-refractivity contribution in [3.05, 3.63) is 118 Å². The molecule has 42 heavy (non-hydrogen) atoms. The molecule has 216 valence electrons. The van der Waals surface area contributed by atoms with E-state index in [4.69, 9.17) is 9.47 Å². The number of aromatic carboxylic acids is 1. The molecule has 1 aliphatic rings. The molecule has 0 saturated carbocycles. The molecule has 4 aromatic carbocycles. The van der Waals surface area contributed by atoms with Crippen molar-refractivity contribution in [3.63, 3.8) is 0 Å². The van der Waals surface area contributed by atoms with Crippen molar-refractivity contribution in [2.75, 3.05) is 6.54 Å². The van der Waals surface area contributed by atoms with Crippen LogP contribution in [0.25, 0.3) is 16.3 Å². The van der Waals surface area contributed by atoms with E-state index in [1.165, 1.54) is 0 Å². The number of benzene rings is 4. The van der Waals surface area contributed by atoms with Gasteiger partial charge in [0.15, 0.2) is 0 Å². The molecular weight excluding hydrogens is 526 g/mol. The van der Waals surface area contributed by atoms with Crippen molar-refractivity contribution in [2.24, 2.45) is 0 Å². The number of carbonyl (C=O) groups is 2. The summed E-state index contributed by atoms with van der Waals surface area (Å²) in [4.78, 5) is 27.5. The Hall–Kier alpha value is -4.58. The van der Waals surface area contributed by atoms with Crippen LogP contribution in [0.2, 0.25) is 0 Å². The molecule has 0 radical (unpaired) electrons. The number of ether oxygens (including phenoxy) is 2. The number of carboxylic acid groups (broad SMARTS) is 1. The van der Waals surface area contributed by atoms with Crippen molar-refractivity contribution in [3.8, 4) is 5.75 Å². The molecule has 5 rings (SSSR count). The number of aryl methyl sites for hydroxylation is 1. The summed E-state index contributed by atoms with van der Waals surface area (Å²) in [5.74, 6) is -0.285. The average Bonchev–Trinajstić information content (AvgIpc) is 2.95. The zero-order chi connectivity index (χ0) is 30.2. The monoisotopic (exact) mass is 563 g/mol. The molecule has 1 unspecified atom stereocenters. The first-order valence-electron chi connectivity index (χ1n) is 14.2. The van der Waals surface area contributed by atoms with E-state index in [0.29, 0.717) is 5.75 Å². The summed E-state index contributed by atoms with van der Waals surface area (Å²) in [7, 11) is 0. The van der Waals surface area contributed by atoms with Gasteiger partial charge in [-0.05, 0) is 98.4 Å². The second kappa shape index (κ2) is 11.4. The highest BCUT2D eigenvalue weighted by Crippen LogP contribution is 2.38. The van der Waals surface area contributed by atoms with Crippen LogP contribution in [0.5, 0.6) is 5.75 Å². The van der Waals surface area contributed by atoms with Crippen LogP contribution in [-0.4, -0.2) is 40.3 Å². The molecule has 0 aromatic heterocycles. The summed E-state index contributed by atoms with van der Waals surface area (Å²) in [6.45, 7) is 11.6. The SMILES string of the molecule is Cc1cc(C2=CC(CN(C(=O)OC(C)(C)C)[C@H](C)c3cccc4ccccc34)Oc3ccccc32)cc(C(=O)O)c1C. The lowest BCUT2D eigenvalue weighted by molar-refractivity contribution is 0.0110. The molecule has 1 N–H and O–H groups in total. The predicted molar refractivity (Wildman–Crippen MR) is 166 cm³/mol. The standard InChI is InChI=1S/C36H37NO5/c1-22-18-26(19-31(23(22)2)34(38)39)32-20-27(41-33-17-10-9-15-30(32)33)21-37(35(40)42-36(4,5)6)24(3)28-16-11-13-25-12-7-8-14-29(25)28/h7-20,24,27H,21H2,1-6H3,(H,38,39)/t24-,27?/m1/s1. The Bertz CT molecular complexity index is 1690. The molecule has 6 heteroatoms. The maximum atomic E-state index is 13.7. The van der Waals surface area contributed by atoms with Gasteiger partial charge in [-0.15, -0.1) is 0 Å². The molecule has 1 amide bonds. The van der Waals surface area contributed by atoms with E-state index in [1.54, 1.807) is 11.0 Å². The van der Waals surface area contributed by atoms with Crippen molar-refractivity contribution in [2.45, 2.75) is 59.3 Å². The van der Waals surface area contributed by atoms with Crippen molar-refractivity contribution in [1.82, 2.24) is 4.90 Å². The van der Waals surface area contributed by atoms with Crippen LogP contribution >= 0.6 is 0 Å². The third-order valence-corrected chi connectivity index (χ3v) is 7.76. The van der Waals surface area contributed by atoms with Gasteiger partial charge in [-0.3, -0.25) is 4.90 Å². The normalized spacial score (nSPS) is 15.3. The van der Waals surface area contributed by atoms with E-state index in [0.717, 1.165) is 44.2 Å². The predicted octanol–water partition coefficient (Wildman–Crippen LogP) is 8.35. The lowest BCUT2D eigenvalue weighted by Gasteiger charge is -2.35. The lowest BCUT2D eigenvalue weighted by Crippen LogP contribution is -2.44. The summed E-state index contributed by atoms with van der Waals surface area (Å²) in [5, 5.41) is 12.0. The summed E-state index contributed by atoms with van der Waals surface area (Å²) in [6, 6.07) is 25.4. The fourth-order valence-electron chi connectivity index (χ4n) is 5.53. The van der Waals surface area contributed by atoms with E-state index in [2.05, 4.69) is 18.2 Å². The van der Waals surface area contributed by atoms with E-state index >= 15 is 0 Å². The van der Waals surface area contributed by atoms with Crippen molar-refractivity contribution < 1.29 is 24.2 Å². The van der Waals surface area contributed by atoms with Gasteiger partial charge in [-0.25, -0.2) is 9.59 Å². The Morgan fingerprint density at radius 1 is 0.976 bits per heavy atom. The third-order valence-electron chi connectivity index (χ3n) is 7.76. The lowest BCUT2D eigenvalue weighted by atomic mass is 9.89. The van der Waals surface area contributed by atoms with Gasteiger partial charge in [0.1, 0.15) is 17.5 Å². The van der Waals surface area contributed by atoms with E-state index in [9.17, 15) is 14.7 Å². The third kappa shape index (κ3) is 5.89. The number of amides is 1. The highest BCUT2D eigenvalue weighted by Gasteiger charge is 2.32. The number of nitrogens with zero attached hydrogens (tertiary/aromatic N) is 1. The molecule has 1 heterocycles. The molecule has 0 bridgehead atoms. The summed E-state index contributed by atoms with van der Waals surface area (Å²) in [6.07, 6.45) is 1.06. The van der Waals surface area contributed by atoms with Crippen LogP contribution in [-0.2, 0) is 4.74 Å². The first kappa shape index (κ1) is 28.9. The molecule has 0 fully saturated rings. The van der Waals surface area contributed by atoms with Gasteiger partial charge in [0.05, 0.1) is 18.2 Å². The highest BCUT2D eigenvalue weighted by atomic mass is 16.6. The second-order valence-corrected chi connectivity index (χ2v) is 11.9. The highest BCUT2D eigenvalue weighted by molar-refractivity contribution is 5.93. The zero-order valence-electron chi connectivity index (χ0n) is 25.0. The van der Waals surface area contributed by atoms with Gasteiger partial charge in [-0.2, -0.15) is 0 Å². The minimum atomic E-state index is -0.963. The van der Waals surface area contributed by atoms with Crippen LogP contribution in [0.1, 0.15) is 71.9 Å². The van der Waals surface area contributed by atoms with Crippen LogP contribution in [0, 0.1) is 13.8 Å². The fourth-order valence-corrected chi connectivity index (χ4v) is 5.53. The van der Waals surface area contributed by atoms with E-state index in [-0.39, 0.29) is 18.2 Å². The summed E-state index contributed by atoms with van der Waals surface area (Å²) in [5.41, 5.74) is 4.78. The summed E-state index contributed by atoms with van der Waals surface area (Å²) < 4.78 is 12.4. The minimum absolute atomic E-state index is 0.230. The number of carboxylic acids is 1. The average molecular weight is 564 g/mol. The Morgan fingerprint density at radius 3 is 2.40 bits per heavy atom. The van der Waals surface area contributed by atoms with Crippen molar-refractivity contribution in [1.29, 1.82) is 0 Å². The number of carbonyl (C=O) groups excluding carboxylic acids is 1. The van der Waals surface area contributed by atoms with Crippen LogP contribution in [0.3, 0.4) is 0 Å². The molecule has 4 aromatic rings. The smallest absolute Gasteiger partial charge is 0.410 e. The summed E-state index contributed by atoms with van der Waals surface area (Å²) >= 11 is 0. The Kier molecular flexibility index (Phi) is 7.83. The Morgan fingerprint density at radius 2 is 1.67 bits per heavy atom. The van der Waals surface area contributed by atoms with E-state index in [1.807, 2.05) is 102 Å². The molecule has 0 aliphatic carbocycles. The largest absolute Gasteiger partial charge is 0.484 e. The topological polar surface area (TPSA) is 76.1 Å². The Balaban J connectivity index is 1.58. The van der Waals surface area contributed by atoms with Gasteiger partial charge in [0, 0.05) is 5.56 Å². The molecular formula is C36H37NO5. The molecule has 0 spiro atoms.